The number of amides is 1. The Labute approximate surface area is 128 Å². The van der Waals surface area contributed by atoms with Gasteiger partial charge in [-0.15, -0.1) is 11.3 Å². The number of rotatable bonds is 2. The fourth-order valence-corrected chi connectivity index (χ4v) is 2.43. The van der Waals surface area contributed by atoms with E-state index < -0.39 is 0 Å². The Morgan fingerprint density at radius 2 is 1.81 bits per heavy atom. The van der Waals surface area contributed by atoms with Gasteiger partial charge in [-0.05, 0) is 34.6 Å². The first-order valence-corrected chi connectivity index (χ1v) is 7.55. The van der Waals surface area contributed by atoms with Crippen molar-refractivity contribution in [2.24, 2.45) is 0 Å². The number of carbonyl (C=O) groups is 1. The number of thiophene rings is 1. The Morgan fingerprint density at radius 3 is 2.33 bits per heavy atom. The highest BCUT2D eigenvalue weighted by atomic mass is 32.1. The summed E-state index contributed by atoms with van der Waals surface area (Å²) in [6, 6.07) is 11.4. The van der Waals surface area contributed by atoms with Crippen LogP contribution in [0.1, 0.15) is 36.0 Å². The number of benzene rings is 1. The Bertz CT molecular complexity index is 625. The average molecular weight is 301 g/mol. The summed E-state index contributed by atoms with van der Waals surface area (Å²) in [7, 11) is 0. The van der Waals surface area contributed by atoms with Crippen molar-refractivity contribution in [2.45, 2.75) is 26.2 Å². The molecule has 0 aliphatic rings. The second-order valence-corrected chi connectivity index (χ2v) is 6.71. The highest BCUT2D eigenvalue weighted by molar-refractivity contribution is 7.12. The van der Waals surface area contributed by atoms with Gasteiger partial charge in [-0.25, -0.2) is 0 Å². The van der Waals surface area contributed by atoms with Crippen LogP contribution in [0.5, 0.6) is 0 Å². The van der Waals surface area contributed by atoms with Crippen molar-refractivity contribution in [1.82, 2.24) is 5.32 Å². The van der Waals surface area contributed by atoms with E-state index >= 15 is 0 Å². The number of hydrogen-bond acceptors (Lipinski definition) is 3. The number of carbonyl (C=O) groups excluding carboxylic acids is 1. The van der Waals surface area contributed by atoms with E-state index in [9.17, 15) is 4.79 Å². The molecule has 0 aliphatic heterocycles. The van der Waals surface area contributed by atoms with Gasteiger partial charge in [0.05, 0.1) is 4.88 Å². The van der Waals surface area contributed by atoms with E-state index in [0.29, 0.717) is 4.88 Å². The molecule has 0 saturated heterocycles. The van der Waals surface area contributed by atoms with Gasteiger partial charge in [-0.3, -0.25) is 15.5 Å². The lowest BCUT2D eigenvalue weighted by Gasteiger charge is -2.19. The molecule has 0 saturated carbocycles. The first kappa shape index (κ1) is 15.3. The molecular weight excluding hydrogens is 282 g/mol. The van der Waals surface area contributed by atoms with E-state index in [-0.39, 0.29) is 17.3 Å². The largest absolute Gasteiger partial charge is 0.326 e. The van der Waals surface area contributed by atoms with Crippen LogP contribution in [0.4, 0.5) is 5.69 Å². The molecule has 0 radical (unpaired) electrons. The van der Waals surface area contributed by atoms with Crippen molar-refractivity contribution in [3.8, 4) is 0 Å². The normalized spacial score (nSPS) is 11.0. The lowest BCUT2D eigenvalue weighted by atomic mass is 9.87. The minimum atomic E-state index is -0.270. The van der Waals surface area contributed by atoms with Gasteiger partial charge >= 0.3 is 0 Å². The molecule has 2 aromatic rings. The maximum absolute atomic E-state index is 11.8. The molecule has 2 rings (SSSR count). The highest BCUT2D eigenvalue weighted by Crippen LogP contribution is 2.23. The van der Waals surface area contributed by atoms with Gasteiger partial charge in [0.15, 0.2) is 5.96 Å². The van der Waals surface area contributed by atoms with Crippen molar-refractivity contribution in [3.05, 3.63) is 52.2 Å². The summed E-state index contributed by atoms with van der Waals surface area (Å²) in [6.45, 7) is 6.45. The van der Waals surface area contributed by atoms with Crippen LogP contribution in [0, 0.1) is 5.41 Å². The van der Waals surface area contributed by atoms with Gasteiger partial charge in [0.25, 0.3) is 5.91 Å². The number of guanidine groups is 1. The van der Waals surface area contributed by atoms with Crippen LogP contribution in [0.3, 0.4) is 0 Å². The molecule has 110 valence electrons. The van der Waals surface area contributed by atoms with Gasteiger partial charge in [-0.2, -0.15) is 0 Å². The predicted octanol–water partition coefficient (Wildman–Crippen LogP) is 3.82. The number of nitrogens with one attached hydrogen (secondary N) is 3. The van der Waals surface area contributed by atoms with Crippen LogP contribution in [0.2, 0.25) is 0 Å². The minimum absolute atomic E-state index is 0.0306. The molecule has 1 amide bonds. The van der Waals surface area contributed by atoms with E-state index in [0.717, 1.165) is 5.69 Å². The van der Waals surface area contributed by atoms with E-state index in [1.165, 1.54) is 16.9 Å². The Hall–Kier alpha value is -2.14. The summed E-state index contributed by atoms with van der Waals surface area (Å²) in [5, 5.41) is 15.0. The molecule has 21 heavy (non-hydrogen) atoms. The summed E-state index contributed by atoms with van der Waals surface area (Å²) in [5.74, 6) is -0.300. The average Bonchev–Trinajstić information content (AvgIpc) is 2.92. The molecule has 1 aromatic heterocycles. The second-order valence-electron chi connectivity index (χ2n) is 5.76. The molecule has 1 heterocycles. The molecular formula is C16H19N3OS. The van der Waals surface area contributed by atoms with Crippen LogP contribution in [0.25, 0.3) is 0 Å². The molecule has 0 bridgehead atoms. The maximum atomic E-state index is 11.8. The Morgan fingerprint density at radius 1 is 1.14 bits per heavy atom. The third kappa shape index (κ3) is 4.16. The smallest absolute Gasteiger partial charge is 0.268 e. The first-order chi connectivity index (χ1) is 9.86. The van der Waals surface area contributed by atoms with Gasteiger partial charge < -0.3 is 5.32 Å². The molecule has 0 unspecified atom stereocenters. The topological polar surface area (TPSA) is 65.0 Å². The van der Waals surface area contributed by atoms with Crippen LogP contribution in [-0.4, -0.2) is 11.9 Å². The standard InChI is InChI=1S/C16H19N3OS/c1-16(2,3)11-6-8-12(9-7-11)18-15(17)19-14(20)13-5-4-10-21-13/h4-10H,1-3H3,(H3,17,18,19,20). The van der Waals surface area contributed by atoms with Crippen molar-refractivity contribution in [3.63, 3.8) is 0 Å². The van der Waals surface area contributed by atoms with E-state index in [4.69, 9.17) is 5.41 Å². The number of anilines is 1. The lowest BCUT2D eigenvalue weighted by molar-refractivity contribution is 0.0981. The summed E-state index contributed by atoms with van der Waals surface area (Å²) in [5.41, 5.74) is 2.10. The predicted molar refractivity (Wildman–Crippen MR) is 88.3 cm³/mol. The van der Waals surface area contributed by atoms with E-state index in [1.807, 2.05) is 35.7 Å². The summed E-state index contributed by atoms with van der Waals surface area (Å²) < 4.78 is 0. The van der Waals surface area contributed by atoms with Crippen LogP contribution >= 0.6 is 11.3 Å². The van der Waals surface area contributed by atoms with Gasteiger partial charge in [0.2, 0.25) is 0 Å². The molecule has 0 fully saturated rings. The van der Waals surface area contributed by atoms with Crippen molar-refractivity contribution in [1.29, 1.82) is 5.41 Å². The summed E-state index contributed by atoms with van der Waals surface area (Å²) in [4.78, 5) is 12.4. The molecule has 3 N–H and O–H groups in total. The fraction of sp³-hybridized carbons (Fsp3) is 0.250. The quantitative estimate of drug-likeness (QED) is 0.583. The fourth-order valence-electron chi connectivity index (χ4n) is 1.81. The molecule has 4 nitrogen and oxygen atoms in total. The van der Waals surface area contributed by atoms with Gasteiger partial charge in [-0.1, -0.05) is 39.0 Å². The van der Waals surface area contributed by atoms with Gasteiger partial charge in [0, 0.05) is 5.69 Å². The SMILES string of the molecule is CC(C)(C)c1ccc(NC(=N)NC(=O)c2cccs2)cc1. The summed E-state index contributed by atoms with van der Waals surface area (Å²) >= 11 is 1.35. The molecule has 0 spiro atoms. The van der Waals surface area contributed by atoms with Crippen molar-refractivity contribution >= 4 is 28.9 Å². The zero-order valence-corrected chi connectivity index (χ0v) is 13.2. The van der Waals surface area contributed by atoms with Crippen LogP contribution in [0.15, 0.2) is 41.8 Å². The third-order valence-corrected chi connectivity index (χ3v) is 3.87. The monoisotopic (exact) mass is 301 g/mol. The maximum Gasteiger partial charge on any atom is 0.268 e. The molecule has 0 aliphatic carbocycles. The third-order valence-electron chi connectivity index (χ3n) is 3.00. The zero-order valence-electron chi connectivity index (χ0n) is 12.4. The lowest BCUT2D eigenvalue weighted by Crippen LogP contribution is -2.34. The minimum Gasteiger partial charge on any atom is -0.326 e. The zero-order chi connectivity index (χ0) is 15.5. The second kappa shape index (κ2) is 6.10. The Kier molecular flexibility index (Phi) is 4.43. The van der Waals surface area contributed by atoms with E-state index in [1.54, 1.807) is 6.07 Å². The van der Waals surface area contributed by atoms with Crippen molar-refractivity contribution < 1.29 is 4.79 Å². The van der Waals surface area contributed by atoms with Crippen LogP contribution < -0.4 is 10.6 Å². The Balaban J connectivity index is 1.95. The molecule has 1 aromatic carbocycles. The molecule has 0 atom stereocenters. The van der Waals surface area contributed by atoms with Gasteiger partial charge in [0.1, 0.15) is 0 Å². The van der Waals surface area contributed by atoms with E-state index in [2.05, 4.69) is 31.4 Å². The first-order valence-electron chi connectivity index (χ1n) is 6.67. The van der Waals surface area contributed by atoms with Crippen molar-refractivity contribution in [2.75, 3.05) is 5.32 Å². The number of hydrogen-bond donors (Lipinski definition) is 3. The molecule has 5 heteroatoms. The highest BCUT2D eigenvalue weighted by Gasteiger charge is 2.13. The van der Waals surface area contributed by atoms with Crippen LogP contribution in [-0.2, 0) is 5.41 Å². The summed E-state index contributed by atoms with van der Waals surface area (Å²) in [6.07, 6.45) is 0.